The van der Waals surface area contributed by atoms with E-state index >= 15 is 0 Å². The fourth-order valence-electron chi connectivity index (χ4n) is 3.30. The molecule has 0 saturated carbocycles. The number of pyridine rings is 1. The number of rotatable bonds is 5. The zero-order valence-electron chi connectivity index (χ0n) is 13.8. The van der Waals surface area contributed by atoms with Gasteiger partial charge in [0.1, 0.15) is 0 Å². The molecule has 0 unspecified atom stereocenters. The molecule has 2 aromatic rings. The van der Waals surface area contributed by atoms with Crippen LogP contribution in [0, 0.1) is 5.92 Å². The van der Waals surface area contributed by atoms with E-state index in [1.807, 2.05) is 30.3 Å². The van der Waals surface area contributed by atoms with Gasteiger partial charge in [-0.2, -0.15) is 0 Å². The Hall–Kier alpha value is -2.95. The lowest BCUT2D eigenvalue weighted by molar-refractivity contribution is -0.141. The lowest BCUT2D eigenvalue weighted by Crippen LogP contribution is -2.29. The highest BCUT2D eigenvalue weighted by atomic mass is 16.4. The molecule has 25 heavy (non-hydrogen) atoms. The molecule has 5 heteroatoms. The van der Waals surface area contributed by atoms with Crippen molar-refractivity contribution in [3.05, 3.63) is 78.1 Å². The number of carbonyl (C=O) groups is 2. The molecule has 0 bridgehead atoms. The molecule has 1 amide bonds. The predicted octanol–water partition coefficient (Wildman–Crippen LogP) is 2.75. The van der Waals surface area contributed by atoms with Gasteiger partial charge in [-0.05, 0) is 41.8 Å². The number of carboxylic acid groups (broad SMARTS) is 1. The van der Waals surface area contributed by atoms with Crippen molar-refractivity contribution in [2.45, 2.75) is 12.3 Å². The third-order valence-electron chi connectivity index (χ3n) is 4.64. The van der Waals surface area contributed by atoms with E-state index in [-0.39, 0.29) is 18.4 Å². The Kier molecular flexibility index (Phi) is 4.93. The highest BCUT2D eigenvalue weighted by Crippen LogP contribution is 2.33. The summed E-state index contributed by atoms with van der Waals surface area (Å²) in [6.45, 7) is 4.32. The van der Waals surface area contributed by atoms with Crippen LogP contribution in [-0.2, 0) is 11.2 Å². The summed E-state index contributed by atoms with van der Waals surface area (Å²) in [5.41, 5.74) is 2.57. The van der Waals surface area contributed by atoms with Gasteiger partial charge in [-0.25, -0.2) is 0 Å². The maximum Gasteiger partial charge on any atom is 0.308 e. The van der Waals surface area contributed by atoms with Gasteiger partial charge in [-0.1, -0.05) is 18.2 Å². The predicted molar refractivity (Wildman–Crippen MR) is 94.4 cm³/mol. The molecule has 128 valence electrons. The summed E-state index contributed by atoms with van der Waals surface area (Å²) >= 11 is 0. The van der Waals surface area contributed by atoms with Crippen molar-refractivity contribution < 1.29 is 14.7 Å². The van der Waals surface area contributed by atoms with Gasteiger partial charge in [0.05, 0.1) is 5.92 Å². The van der Waals surface area contributed by atoms with Crippen molar-refractivity contribution in [2.75, 3.05) is 13.1 Å². The molecule has 3 rings (SSSR count). The standard InChI is InChI=1S/C20H20N2O3/c1-2-3-14-4-6-16(7-5-14)19(23)22-12-17(18(13-22)20(24)25)15-8-10-21-11-9-15/h2,4-11,17-18H,1,3,12-13H2,(H,24,25)/t17-,18+/m0/s1. The van der Waals surface area contributed by atoms with E-state index in [1.54, 1.807) is 29.4 Å². The van der Waals surface area contributed by atoms with E-state index < -0.39 is 11.9 Å². The topological polar surface area (TPSA) is 70.5 Å². The van der Waals surface area contributed by atoms with E-state index in [0.29, 0.717) is 12.1 Å². The molecule has 0 aliphatic carbocycles. The summed E-state index contributed by atoms with van der Waals surface area (Å²) in [6.07, 6.45) is 5.87. The second-order valence-corrected chi connectivity index (χ2v) is 6.23. The van der Waals surface area contributed by atoms with Crippen LogP contribution in [0.5, 0.6) is 0 Å². The number of aliphatic carboxylic acids is 1. The van der Waals surface area contributed by atoms with Gasteiger partial charge in [-0.15, -0.1) is 6.58 Å². The smallest absolute Gasteiger partial charge is 0.308 e. The summed E-state index contributed by atoms with van der Waals surface area (Å²) in [5.74, 6) is -1.83. The molecule has 1 saturated heterocycles. The van der Waals surface area contributed by atoms with Crippen LogP contribution in [0.3, 0.4) is 0 Å². The van der Waals surface area contributed by atoms with E-state index in [2.05, 4.69) is 11.6 Å². The second kappa shape index (κ2) is 7.30. The van der Waals surface area contributed by atoms with Crippen LogP contribution >= 0.6 is 0 Å². The van der Waals surface area contributed by atoms with Crippen molar-refractivity contribution >= 4 is 11.9 Å². The summed E-state index contributed by atoms with van der Waals surface area (Å²) in [4.78, 5) is 30.0. The lowest BCUT2D eigenvalue weighted by atomic mass is 9.90. The monoisotopic (exact) mass is 336 g/mol. The Labute approximate surface area is 146 Å². The number of hydrogen-bond acceptors (Lipinski definition) is 3. The SMILES string of the molecule is C=CCc1ccc(C(=O)N2C[C@@H](C(=O)O)[C@H](c3ccncc3)C2)cc1. The van der Waals surface area contributed by atoms with Crippen molar-refractivity contribution in [1.82, 2.24) is 9.88 Å². The number of carbonyl (C=O) groups excluding carboxylic acids is 1. The number of likely N-dealkylation sites (tertiary alicyclic amines) is 1. The van der Waals surface area contributed by atoms with Gasteiger partial charge in [-0.3, -0.25) is 14.6 Å². The van der Waals surface area contributed by atoms with Crippen molar-refractivity contribution in [2.24, 2.45) is 5.92 Å². The molecule has 1 fully saturated rings. The molecular formula is C20H20N2O3. The number of benzene rings is 1. The number of hydrogen-bond donors (Lipinski definition) is 1. The lowest BCUT2D eigenvalue weighted by Gasteiger charge is -2.16. The Balaban J connectivity index is 1.79. The fourth-order valence-corrected chi connectivity index (χ4v) is 3.30. The van der Waals surface area contributed by atoms with E-state index in [1.165, 1.54) is 0 Å². The quantitative estimate of drug-likeness (QED) is 0.852. The minimum atomic E-state index is -0.876. The Morgan fingerprint density at radius 2 is 1.84 bits per heavy atom. The molecule has 1 aliphatic rings. The van der Waals surface area contributed by atoms with Crippen LogP contribution in [-0.4, -0.2) is 40.0 Å². The van der Waals surface area contributed by atoms with E-state index in [4.69, 9.17) is 0 Å². The minimum Gasteiger partial charge on any atom is -0.481 e. The third-order valence-corrected chi connectivity index (χ3v) is 4.64. The normalized spacial score (nSPS) is 19.6. The summed E-state index contributed by atoms with van der Waals surface area (Å²) in [6, 6.07) is 11.0. The van der Waals surface area contributed by atoms with Gasteiger partial charge in [0.25, 0.3) is 5.91 Å². The second-order valence-electron chi connectivity index (χ2n) is 6.23. The average Bonchev–Trinajstić information content (AvgIpc) is 3.08. The maximum atomic E-state index is 12.8. The minimum absolute atomic E-state index is 0.132. The molecule has 1 aromatic carbocycles. The molecule has 1 N–H and O–H groups in total. The van der Waals surface area contributed by atoms with Gasteiger partial charge in [0, 0.05) is 37.0 Å². The number of nitrogens with zero attached hydrogens (tertiary/aromatic N) is 2. The third kappa shape index (κ3) is 3.60. The molecule has 1 aliphatic heterocycles. The zero-order valence-corrected chi connectivity index (χ0v) is 13.8. The number of amides is 1. The van der Waals surface area contributed by atoms with Crippen LogP contribution in [0.15, 0.2) is 61.4 Å². The van der Waals surface area contributed by atoms with Gasteiger partial charge in [0.15, 0.2) is 0 Å². The molecular weight excluding hydrogens is 316 g/mol. The summed E-state index contributed by atoms with van der Waals surface area (Å²) < 4.78 is 0. The van der Waals surface area contributed by atoms with Gasteiger partial charge < -0.3 is 10.0 Å². The van der Waals surface area contributed by atoms with Gasteiger partial charge in [0.2, 0.25) is 0 Å². The first-order chi connectivity index (χ1) is 12.1. The first-order valence-electron chi connectivity index (χ1n) is 8.22. The van der Waals surface area contributed by atoms with Crippen LogP contribution in [0.4, 0.5) is 0 Å². The number of allylic oxidation sites excluding steroid dienone is 1. The molecule has 2 atom stereocenters. The first-order valence-corrected chi connectivity index (χ1v) is 8.22. The molecule has 0 radical (unpaired) electrons. The van der Waals surface area contributed by atoms with Crippen LogP contribution < -0.4 is 0 Å². The van der Waals surface area contributed by atoms with Crippen molar-refractivity contribution in [3.8, 4) is 0 Å². The highest BCUT2D eigenvalue weighted by Gasteiger charge is 2.40. The highest BCUT2D eigenvalue weighted by molar-refractivity contribution is 5.95. The summed E-state index contributed by atoms with van der Waals surface area (Å²) in [5, 5.41) is 9.55. The average molecular weight is 336 g/mol. The Morgan fingerprint density at radius 3 is 2.44 bits per heavy atom. The zero-order chi connectivity index (χ0) is 17.8. The Morgan fingerprint density at radius 1 is 1.16 bits per heavy atom. The van der Waals surface area contributed by atoms with Crippen molar-refractivity contribution in [3.63, 3.8) is 0 Å². The van der Waals surface area contributed by atoms with Crippen LogP contribution in [0.25, 0.3) is 0 Å². The number of carboxylic acids is 1. The fraction of sp³-hybridized carbons (Fsp3) is 0.250. The van der Waals surface area contributed by atoms with Crippen LogP contribution in [0.2, 0.25) is 0 Å². The number of aromatic nitrogens is 1. The van der Waals surface area contributed by atoms with E-state index in [9.17, 15) is 14.7 Å². The molecule has 0 spiro atoms. The maximum absolute atomic E-state index is 12.8. The molecule has 5 nitrogen and oxygen atoms in total. The van der Waals surface area contributed by atoms with Crippen molar-refractivity contribution in [1.29, 1.82) is 0 Å². The Bertz CT molecular complexity index is 771. The first kappa shape index (κ1) is 16.9. The largest absolute Gasteiger partial charge is 0.481 e. The molecule has 2 heterocycles. The van der Waals surface area contributed by atoms with Crippen LogP contribution in [0.1, 0.15) is 27.4 Å². The molecule has 1 aromatic heterocycles. The summed E-state index contributed by atoms with van der Waals surface area (Å²) in [7, 11) is 0. The van der Waals surface area contributed by atoms with E-state index in [0.717, 1.165) is 17.5 Å². The van der Waals surface area contributed by atoms with Gasteiger partial charge >= 0.3 is 5.97 Å².